The van der Waals surface area contributed by atoms with Crippen molar-refractivity contribution < 1.29 is 69.0 Å². The Morgan fingerprint density at radius 1 is 0.862 bits per heavy atom. The molecule has 0 aromatic rings. The van der Waals surface area contributed by atoms with Gasteiger partial charge in [-0.2, -0.15) is 0 Å². The Hall–Kier alpha value is -1.82. The topological polar surface area (TPSA) is 407 Å². The fourth-order valence-corrected chi connectivity index (χ4v) is 8.30. The summed E-state index contributed by atoms with van der Waals surface area (Å²) in [6.45, 7) is 1.36. The van der Waals surface area contributed by atoms with Crippen LogP contribution in [0.25, 0.3) is 0 Å². The number of piperidine rings is 1. The molecule has 1 saturated carbocycles. The molecule has 336 valence electrons. The summed E-state index contributed by atoms with van der Waals surface area (Å²) in [6.07, 6.45) is -16.0. The zero-order valence-corrected chi connectivity index (χ0v) is 32.7. The number of guanidine groups is 1. The molecule has 18 atom stereocenters. The molecule has 0 spiro atoms. The lowest BCUT2D eigenvalue weighted by atomic mass is 9.76. The number of ketones is 1. The van der Waals surface area contributed by atoms with Crippen LogP contribution in [0, 0.1) is 5.92 Å². The van der Waals surface area contributed by atoms with Crippen LogP contribution in [0.1, 0.15) is 44.9 Å². The number of carbonyl (C=O) groups is 1. The third kappa shape index (κ3) is 11.8. The average Bonchev–Trinajstić information content (AvgIpc) is 3.48. The zero-order chi connectivity index (χ0) is 42.3. The Bertz CT molecular complexity index is 1320. The second-order valence-corrected chi connectivity index (χ2v) is 16.3. The average molecular weight is 838 g/mol. The molecular weight excluding hydrogens is 770 g/mol. The number of carbonyl (C=O) groups excluding carboxylic acids is 1. The summed E-state index contributed by atoms with van der Waals surface area (Å²) in [5.41, 5.74) is 34.8. The van der Waals surface area contributed by atoms with Crippen LogP contribution in [0.4, 0.5) is 0 Å². The van der Waals surface area contributed by atoms with E-state index in [0.717, 1.165) is 13.1 Å². The fraction of sp³-hybridized carbons (Fsp3) is 0.943. The van der Waals surface area contributed by atoms with Crippen molar-refractivity contribution >= 4 is 11.7 Å². The Morgan fingerprint density at radius 3 is 2.21 bits per heavy atom. The van der Waals surface area contributed by atoms with Gasteiger partial charge in [0.15, 0.2) is 30.6 Å². The molecule has 5 rings (SSSR count). The highest BCUT2D eigenvalue weighted by Crippen LogP contribution is 2.37. The number of rotatable bonds is 18. The highest BCUT2D eigenvalue weighted by atomic mass is 16.8. The minimum atomic E-state index is -1.66. The summed E-state index contributed by atoms with van der Waals surface area (Å²) < 4.78 is 36.5. The second kappa shape index (κ2) is 21.3. The molecule has 0 unspecified atom stereocenters. The highest BCUT2D eigenvalue weighted by Gasteiger charge is 2.54. The number of ether oxygens (including phenoxy) is 6. The summed E-state index contributed by atoms with van der Waals surface area (Å²) in [7, 11) is 0. The van der Waals surface area contributed by atoms with Gasteiger partial charge in [-0.15, -0.1) is 0 Å². The van der Waals surface area contributed by atoms with E-state index in [0.29, 0.717) is 38.8 Å². The number of hydrogen-bond donors (Lipinski definition) is 15. The molecule has 5 fully saturated rings. The van der Waals surface area contributed by atoms with Crippen molar-refractivity contribution in [1.82, 2.24) is 10.6 Å². The van der Waals surface area contributed by atoms with Crippen LogP contribution >= 0.6 is 0 Å². The molecular formula is C35H67N9O14. The van der Waals surface area contributed by atoms with E-state index in [-0.39, 0.29) is 44.4 Å². The molecule has 0 aromatic heterocycles. The van der Waals surface area contributed by atoms with Crippen LogP contribution in [0.3, 0.4) is 0 Å². The first-order chi connectivity index (χ1) is 27.5. The first-order valence-electron chi connectivity index (χ1n) is 20.2. The minimum Gasteiger partial charge on any atom is -0.394 e. The zero-order valence-electron chi connectivity index (χ0n) is 32.7. The van der Waals surface area contributed by atoms with E-state index in [1.165, 1.54) is 0 Å². The van der Waals surface area contributed by atoms with Gasteiger partial charge in [0.05, 0.1) is 36.5 Å². The lowest BCUT2D eigenvalue weighted by Crippen LogP contribution is -2.64. The van der Waals surface area contributed by atoms with Crippen LogP contribution in [-0.4, -0.2) is 203 Å². The standard InChI is InChI=1S/C35H67N9O14/c36-11-21-25(49)26(50)23(39)32(54-21)57-29-22(13-45)55-33(27(29)51)58-30-24(48)15(10-20(47)19(46)3-6-44-34(40)41)9-18(38)28(30)56-31-17(37)2-1-16(53-31)12-43-14-35(52)4-7-42-8-5-35/h15-19,21-33,42-43,45-46,48-52H,1-14,36-39H2,(H4,40,41,44)/t15-,16-,17+,18-,19-,21-,22+,23+,24-,25+,26+,27+,28+,29+,30+,31+,32+,33-/m0/s1. The Balaban J connectivity index is 1.31. The van der Waals surface area contributed by atoms with E-state index >= 15 is 0 Å². The number of nitrogens with zero attached hydrogens (tertiary/aromatic N) is 1. The molecule has 5 aliphatic rings. The van der Waals surface area contributed by atoms with E-state index in [4.69, 9.17) is 62.8 Å². The number of Topliss-reactive ketones (excluding diaryl/α,β-unsaturated/α-hetero) is 1. The van der Waals surface area contributed by atoms with Crippen molar-refractivity contribution in [3.63, 3.8) is 0 Å². The first kappa shape index (κ1) is 47.2. The van der Waals surface area contributed by atoms with Crippen molar-refractivity contribution in [2.45, 2.75) is 155 Å². The molecule has 4 aliphatic heterocycles. The normalized spacial score (nSPS) is 42.5. The molecule has 0 bridgehead atoms. The van der Waals surface area contributed by atoms with Gasteiger partial charge in [-0.05, 0) is 51.1 Å². The molecule has 0 amide bonds. The van der Waals surface area contributed by atoms with Gasteiger partial charge in [0.1, 0.15) is 54.9 Å². The van der Waals surface area contributed by atoms with Crippen LogP contribution in [-0.2, 0) is 33.2 Å². The van der Waals surface area contributed by atoms with E-state index in [9.17, 15) is 40.5 Å². The second-order valence-electron chi connectivity index (χ2n) is 16.3. The number of aliphatic hydroxyl groups is 7. The van der Waals surface area contributed by atoms with Crippen LogP contribution < -0.4 is 45.0 Å². The highest BCUT2D eigenvalue weighted by molar-refractivity contribution is 5.83. The predicted molar refractivity (Wildman–Crippen MR) is 203 cm³/mol. The van der Waals surface area contributed by atoms with Crippen LogP contribution in [0.5, 0.6) is 0 Å². The molecule has 23 heteroatoms. The summed E-state index contributed by atoms with van der Waals surface area (Å²) in [5.74, 6) is -1.66. The summed E-state index contributed by atoms with van der Waals surface area (Å²) >= 11 is 0. The summed E-state index contributed by atoms with van der Waals surface area (Å²) in [6, 6.07) is -2.78. The minimum absolute atomic E-state index is 0.00444. The number of nitrogens with two attached hydrogens (primary N) is 6. The maximum absolute atomic E-state index is 13.1. The Labute approximate surface area is 337 Å². The van der Waals surface area contributed by atoms with Gasteiger partial charge in [0, 0.05) is 45.1 Å². The third-order valence-electron chi connectivity index (χ3n) is 11.9. The third-order valence-corrected chi connectivity index (χ3v) is 11.9. The number of aliphatic hydroxyl groups excluding tert-OH is 6. The quantitative estimate of drug-likeness (QED) is 0.0450. The van der Waals surface area contributed by atoms with Gasteiger partial charge in [-0.1, -0.05) is 0 Å². The predicted octanol–water partition coefficient (Wildman–Crippen LogP) is -7.82. The van der Waals surface area contributed by atoms with E-state index in [1.807, 2.05) is 0 Å². The van der Waals surface area contributed by atoms with Crippen LogP contribution in [0.2, 0.25) is 0 Å². The molecule has 58 heavy (non-hydrogen) atoms. The molecule has 21 N–H and O–H groups in total. The van der Waals surface area contributed by atoms with Gasteiger partial charge < -0.3 is 109 Å². The molecule has 4 heterocycles. The maximum Gasteiger partial charge on any atom is 0.187 e. The molecule has 23 nitrogen and oxygen atoms in total. The van der Waals surface area contributed by atoms with E-state index < -0.39 is 122 Å². The van der Waals surface area contributed by atoms with Gasteiger partial charge in [0.2, 0.25) is 0 Å². The van der Waals surface area contributed by atoms with E-state index in [2.05, 4.69) is 15.6 Å². The van der Waals surface area contributed by atoms with Crippen molar-refractivity contribution in [3.8, 4) is 0 Å². The first-order valence-corrected chi connectivity index (χ1v) is 20.2. The molecule has 1 aliphatic carbocycles. The molecule has 0 aromatic carbocycles. The molecule has 4 saturated heterocycles. The summed E-state index contributed by atoms with van der Waals surface area (Å²) in [4.78, 5) is 16.9. The van der Waals surface area contributed by atoms with Crippen molar-refractivity contribution in [2.24, 2.45) is 45.3 Å². The number of hydrogen-bond acceptors (Lipinski definition) is 21. The van der Waals surface area contributed by atoms with Gasteiger partial charge in [-0.3, -0.25) is 9.79 Å². The number of nitrogens with one attached hydrogen (secondary N) is 2. The van der Waals surface area contributed by atoms with Crippen molar-refractivity contribution in [3.05, 3.63) is 0 Å². The number of aliphatic imine (C=N–C) groups is 1. The van der Waals surface area contributed by atoms with Crippen molar-refractivity contribution in [2.75, 3.05) is 45.9 Å². The SMILES string of the molecule is NC[C@@H]1O[C@H](O[C@H]2[C@@H](O)[C@H](O[C@@H]3[C@@H](O)[C@H](CC(=O)[C@@H](O)CCN=C(N)N)C[C@H](N)[C@H]3O[C@H]3O[C@H](CNCC4(O)CCNCC4)CC[C@H]3N)O[C@@H]2CO)[C@H](N)[C@@H](O)[C@@H]1O. The van der Waals surface area contributed by atoms with Gasteiger partial charge in [-0.25, -0.2) is 0 Å². The van der Waals surface area contributed by atoms with E-state index in [1.54, 1.807) is 0 Å². The monoisotopic (exact) mass is 837 g/mol. The van der Waals surface area contributed by atoms with Gasteiger partial charge in [0.25, 0.3) is 0 Å². The Kier molecular flexibility index (Phi) is 17.4. The lowest BCUT2D eigenvalue weighted by Gasteiger charge is -2.46. The smallest absolute Gasteiger partial charge is 0.187 e. The van der Waals surface area contributed by atoms with Crippen LogP contribution in [0.15, 0.2) is 4.99 Å². The molecule has 0 radical (unpaired) electrons. The largest absolute Gasteiger partial charge is 0.394 e. The lowest BCUT2D eigenvalue weighted by molar-refractivity contribution is -0.292. The maximum atomic E-state index is 13.1. The van der Waals surface area contributed by atoms with Crippen molar-refractivity contribution in [1.29, 1.82) is 0 Å². The summed E-state index contributed by atoms with van der Waals surface area (Å²) in [5, 5.41) is 82.4. The fourth-order valence-electron chi connectivity index (χ4n) is 8.30. The van der Waals surface area contributed by atoms with Gasteiger partial charge >= 0.3 is 0 Å². The Morgan fingerprint density at radius 2 is 1.53 bits per heavy atom.